The molecule has 5 rings (SSSR count). The van der Waals surface area contributed by atoms with Crippen LogP contribution in [0.1, 0.15) is 30.9 Å². The topological polar surface area (TPSA) is 72.4 Å². The van der Waals surface area contributed by atoms with Gasteiger partial charge in [-0.15, -0.1) is 0 Å². The third kappa shape index (κ3) is 2.50. The van der Waals surface area contributed by atoms with Crippen LogP contribution in [0.4, 0.5) is 8.78 Å². The molecule has 4 aromatic rings. The second-order valence-corrected chi connectivity index (χ2v) is 7.23. The molecule has 0 aliphatic heterocycles. The van der Waals surface area contributed by atoms with Crippen molar-refractivity contribution >= 4 is 21.9 Å². The fraction of sp³-hybridized carbons (Fsp3) is 0.182. The van der Waals surface area contributed by atoms with E-state index in [4.69, 9.17) is 4.42 Å². The van der Waals surface area contributed by atoms with Crippen molar-refractivity contribution in [2.24, 2.45) is 0 Å². The van der Waals surface area contributed by atoms with Gasteiger partial charge in [-0.2, -0.15) is 0 Å². The standard InChI is InChI=1S/C22H15F2NO4/c23-13-7-3-8-14(19(13)24)25-15(11-4-1-5-11)10-17-18(22(25)28)20(27)12-6-2-9-16(26)21(12)29-17/h2-3,6-11,26H,1,4-5H2. The quantitative estimate of drug-likeness (QED) is 0.512. The molecule has 0 amide bonds. The Morgan fingerprint density at radius 1 is 1.07 bits per heavy atom. The van der Waals surface area contributed by atoms with Crippen molar-refractivity contribution in [3.63, 3.8) is 0 Å². The Morgan fingerprint density at radius 2 is 1.83 bits per heavy atom. The normalized spacial score (nSPS) is 14.4. The van der Waals surface area contributed by atoms with Crippen LogP contribution in [-0.2, 0) is 0 Å². The van der Waals surface area contributed by atoms with Crippen LogP contribution in [0, 0.1) is 11.6 Å². The van der Waals surface area contributed by atoms with Gasteiger partial charge < -0.3 is 9.52 Å². The van der Waals surface area contributed by atoms with Crippen molar-refractivity contribution < 1.29 is 18.3 Å². The predicted molar refractivity (Wildman–Crippen MR) is 104 cm³/mol. The van der Waals surface area contributed by atoms with Gasteiger partial charge in [0.05, 0.1) is 11.1 Å². The number of hydrogen-bond acceptors (Lipinski definition) is 4. The number of benzene rings is 2. The van der Waals surface area contributed by atoms with Crippen LogP contribution in [0.2, 0.25) is 0 Å². The number of aromatic nitrogens is 1. The summed E-state index contributed by atoms with van der Waals surface area (Å²) in [6.07, 6.45) is 2.51. The molecule has 2 aromatic heterocycles. The maximum atomic E-state index is 14.6. The van der Waals surface area contributed by atoms with Crippen molar-refractivity contribution in [1.29, 1.82) is 0 Å². The van der Waals surface area contributed by atoms with Gasteiger partial charge in [0.1, 0.15) is 11.0 Å². The van der Waals surface area contributed by atoms with Crippen LogP contribution in [0.25, 0.3) is 27.6 Å². The third-order valence-corrected chi connectivity index (χ3v) is 5.57. The van der Waals surface area contributed by atoms with Crippen LogP contribution >= 0.6 is 0 Å². The van der Waals surface area contributed by atoms with E-state index >= 15 is 0 Å². The van der Waals surface area contributed by atoms with Crippen LogP contribution in [0.15, 0.2) is 56.5 Å². The van der Waals surface area contributed by atoms with Crippen molar-refractivity contribution in [2.45, 2.75) is 25.2 Å². The molecule has 0 atom stereocenters. The molecule has 1 aliphatic carbocycles. The fourth-order valence-corrected chi connectivity index (χ4v) is 3.87. The Morgan fingerprint density at radius 3 is 2.55 bits per heavy atom. The van der Waals surface area contributed by atoms with Gasteiger partial charge in [0.2, 0.25) is 5.43 Å². The van der Waals surface area contributed by atoms with Crippen LogP contribution in [0.3, 0.4) is 0 Å². The summed E-state index contributed by atoms with van der Waals surface area (Å²) in [5.74, 6) is -2.49. The van der Waals surface area contributed by atoms with E-state index in [-0.39, 0.29) is 39.3 Å². The van der Waals surface area contributed by atoms with Gasteiger partial charge in [-0.3, -0.25) is 14.2 Å². The number of fused-ring (bicyclic) bond motifs is 2. The van der Waals surface area contributed by atoms with Crippen LogP contribution in [-0.4, -0.2) is 9.67 Å². The van der Waals surface area contributed by atoms with Crippen molar-refractivity contribution in [1.82, 2.24) is 4.57 Å². The summed E-state index contributed by atoms with van der Waals surface area (Å²) >= 11 is 0. The van der Waals surface area contributed by atoms with E-state index in [0.29, 0.717) is 5.69 Å². The summed E-state index contributed by atoms with van der Waals surface area (Å²) in [4.78, 5) is 26.4. The van der Waals surface area contributed by atoms with E-state index in [2.05, 4.69) is 0 Å². The highest BCUT2D eigenvalue weighted by molar-refractivity contribution is 5.92. The second-order valence-electron chi connectivity index (χ2n) is 7.23. The molecule has 0 radical (unpaired) electrons. The van der Waals surface area contributed by atoms with E-state index in [9.17, 15) is 23.5 Å². The molecule has 0 spiro atoms. The average Bonchev–Trinajstić information content (AvgIpc) is 2.64. The molecule has 146 valence electrons. The zero-order valence-corrected chi connectivity index (χ0v) is 15.1. The van der Waals surface area contributed by atoms with E-state index in [0.717, 1.165) is 29.9 Å². The lowest BCUT2D eigenvalue weighted by Gasteiger charge is -2.28. The lowest BCUT2D eigenvalue weighted by atomic mass is 9.82. The first-order valence-corrected chi connectivity index (χ1v) is 9.26. The Hall–Kier alpha value is -3.48. The van der Waals surface area contributed by atoms with E-state index in [1.165, 1.54) is 36.4 Å². The number of para-hydroxylation sites is 1. The van der Waals surface area contributed by atoms with Gasteiger partial charge in [0.15, 0.2) is 23.0 Å². The molecule has 0 saturated heterocycles. The zero-order chi connectivity index (χ0) is 20.3. The molecule has 1 N–H and O–H groups in total. The maximum absolute atomic E-state index is 14.6. The van der Waals surface area contributed by atoms with Crippen molar-refractivity contribution in [3.8, 4) is 11.4 Å². The summed E-state index contributed by atoms with van der Waals surface area (Å²) < 4.78 is 35.2. The summed E-state index contributed by atoms with van der Waals surface area (Å²) in [5, 5.41) is 9.82. The first kappa shape index (κ1) is 17.6. The van der Waals surface area contributed by atoms with Gasteiger partial charge >= 0.3 is 0 Å². The summed E-state index contributed by atoms with van der Waals surface area (Å²) in [6.45, 7) is 0. The minimum absolute atomic E-state index is 0.0151. The number of phenols is 1. The first-order valence-electron chi connectivity index (χ1n) is 9.26. The average molecular weight is 395 g/mol. The smallest absolute Gasteiger partial charge is 0.270 e. The van der Waals surface area contributed by atoms with Gasteiger partial charge in [-0.1, -0.05) is 18.6 Å². The predicted octanol–water partition coefficient (Wildman–Crippen LogP) is 4.35. The number of pyridine rings is 1. The minimum atomic E-state index is -1.16. The number of nitrogens with zero attached hydrogens (tertiary/aromatic N) is 1. The molecule has 0 bridgehead atoms. The SMILES string of the molecule is O=c1c2cccc(O)c2oc2cc(C3CCC3)n(-c3cccc(F)c3F)c(=O)c12. The van der Waals surface area contributed by atoms with Crippen LogP contribution < -0.4 is 11.0 Å². The van der Waals surface area contributed by atoms with Gasteiger partial charge in [-0.05, 0) is 43.0 Å². The maximum Gasteiger partial charge on any atom is 0.270 e. The van der Waals surface area contributed by atoms with Gasteiger partial charge in [0, 0.05) is 11.8 Å². The highest BCUT2D eigenvalue weighted by Crippen LogP contribution is 2.38. The Kier molecular flexibility index (Phi) is 3.81. The Labute approximate surface area is 162 Å². The monoisotopic (exact) mass is 395 g/mol. The summed E-state index contributed by atoms with van der Waals surface area (Å²) in [7, 11) is 0. The zero-order valence-electron chi connectivity index (χ0n) is 15.1. The molecule has 29 heavy (non-hydrogen) atoms. The summed E-state index contributed by atoms with van der Waals surface area (Å²) in [5.41, 5.74) is -1.19. The highest BCUT2D eigenvalue weighted by Gasteiger charge is 2.28. The fourth-order valence-electron chi connectivity index (χ4n) is 3.87. The molecule has 1 aliphatic rings. The Balaban J connectivity index is 1.96. The van der Waals surface area contributed by atoms with Crippen molar-refractivity contribution in [2.75, 3.05) is 0 Å². The molecule has 1 saturated carbocycles. The Bertz CT molecular complexity index is 1420. The lowest BCUT2D eigenvalue weighted by molar-refractivity contribution is 0.402. The van der Waals surface area contributed by atoms with E-state index in [1.807, 2.05) is 0 Å². The molecule has 7 heteroatoms. The first-order chi connectivity index (χ1) is 14.0. The van der Waals surface area contributed by atoms with Crippen LogP contribution in [0.5, 0.6) is 5.75 Å². The molecular weight excluding hydrogens is 380 g/mol. The highest BCUT2D eigenvalue weighted by atomic mass is 19.2. The molecule has 1 fully saturated rings. The summed E-state index contributed by atoms with van der Waals surface area (Å²) in [6, 6.07) is 9.41. The number of halogens is 2. The largest absolute Gasteiger partial charge is 0.504 e. The molecule has 2 aromatic carbocycles. The third-order valence-electron chi connectivity index (χ3n) is 5.57. The molecular formula is C22H15F2NO4. The molecule has 2 heterocycles. The van der Waals surface area contributed by atoms with E-state index in [1.54, 1.807) is 0 Å². The van der Waals surface area contributed by atoms with E-state index < -0.39 is 22.6 Å². The minimum Gasteiger partial charge on any atom is -0.504 e. The molecule has 5 nitrogen and oxygen atoms in total. The van der Waals surface area contributed by atoms with Crippen molar-refractivity contribution in [3.05, 3.63) is 80.4 Å². The number of phenolic OH excluding ortho intramolecular Hbond substituents is 1. The number of rotatable bonds is 2. The van der Waals surface area contributed by atoms with Gasteiger partial charge in [0.25, 0.3) is 5.56 Å². The second kappa shape index (κ2) is 6.27. The van der Waals surface area contributed by atoms with Gasteiger partial charge in [-0.25, -0.2) is 8.78 Å². The number of hydrogen-bond donors (Lipinski definition) is 1. The lowest BCUT2D eigenvalue weighted by Crippen LogP contribution is -2.29. The molecule has 0 unspecified atom stereocenters. The number of aromatic hydroxyl groups is 1.